The smallest absolute Gasteiger partial charge is 0.181 e. The lowest BCUT2D eigenvalue weighted by molar-refractivity contribution is -0.304. The van der Waals surface area contributed by atoms with Crippen molar-refractivity contribution in [1.82, 2.24) is 9.80 Å². The van der Waals surface area contributed by atoms with Crippen LogP contribution in [-0.2, 0) is 4.74 Å². The second kappa shape index (κ2) is 1.97. The van der Waals surface area contributed by atoms with E-state index < -0.39 is 0 Å². The zero-order valence-corrected chi connectivity index (χ0v) is 6.75. The molecule has 0 radical (unpaired) electrons. The quantitative estimate of drug-likeness (QED) is 0.524. The molecule has 1 unspecified atom stereocenters. The Bertz CT molecular complexity index is 171. The van der Waals surface area contributed by atoms with E-state index in [-0.39, 0.29) is 5.85 Å². The first kappa shape index (κ1) is 6.40. The summed E-state index contributed by atoms with van der Waals surface area (Å²) in [6.45, 7) is 5.95. The zero-order chi connectivity index (χ0) is 7.31. The van der Waals surface area contributed by atoms with Crippen LogP contribution >= 0.6 is 0 Å². The summed E-state index contributed by atoms with van der Waals surface area (Å²) in [4.78, 5) is 4.92. The maximum atomic E-state index is 5.70. The van der Waals surface area contributed by atoms with Crippen molar-refractivity contribution in [1.29, 1.82) is 0 Å². The highest BCUT2D eigenvalue weighted by atomic mass is 16.6. The van der Waals surface area contributed by atoms with Crippen molar-refractivity contribution in [3.05, 3.63) is 0 Å². The van der Waals surface area contributed by atoms with Crippen molar-refractivity contribution in [2.24, 2.45) is 0 Å². The van der Waals surface area contributed by atoms with Gasteiger partial charge in [0.2, 0.25) is 0 Å². The average molecular weight is 154 g/mol. The van der Waals surface area contributed by atoms with E-state index in [1.807, 2.05) is 0 Å². The molecule has 0 aromatic carbocycles. The summed E-state index contributed by atoms with van der Waals surface area (Å²) in [6.07, 6.45) is 2.59. The Morgan fingerprint density at radius 3 is 1.91 bits per heavy atom. The summed E-state index contributed by atoms with van der Waals surface area (Å²) in [5, 5.41) is 0. The van der Waals surface area contributed by atoms with Crippen LogP contribution in [0.5, 0.6) is 0 Å². The molecule has 3 fully saturated rings. The molecule has 3 heterocycles. The lowest BCUT2D eigenvalue weighted by atomic mass is 10.1. The van der Waals surface area contributed by atoms with E-state index in [9.17, 15) is 0 Å². The third-order valence-corrected chi connectivity index (χ3v) is 3.05. The van der Waals surface area contributed by atoms with Gasteiger partial charge in [0.25, 0.3) is 0 Å². The van der Waals surface area contributed by atoms with Gasteiger partial charge in [-0.1, -0.05) is 0 Å². The fourth-order valence-electron chi connectivity index (χ4n) is 2.05. The third-order valence-electron chi connectivity index (χ3n) is 3.05. The molecule has 3 aliphatic rings. The van der Waals surface area contributed by atoms with Gasteiger partial charge in [0.1, 0.15) is 0 Å². The van der Waals surface area contributed by atoms with Crippen molar-refractivity contribution in [3.8, 4) is 0 Å². The van der Waals surface area contributed by atoms with Crippen molar-refractivity contribution in [2.75, 3.05) is 32.8 Å². The van der Waals surface area contributed by atoms with Crippen molar-refractivity contribution >= 4 is 0 Å². The zero-order valence-electron chi connectivity index (χ0n) is 6.75. The average Bonchev–Trinajstić information content (AvgIpc) is 2.53. The van der Waals surface area contributed by atoms with Crippen LogP contribution in [0.2, 0.25) is 0 Å². The first-order chi connectivity index (χ1) is 5.42. The van der Waals surface area contributed by atoms with E-state index in [1.54, 1.807) is 0 Å². The molecular formula is C8H14N2O. The van der Waals surface area contributed by atoms with Crippen LogP contribution in [0.15, 0.2) is 0 Å². The van der Waals surface area contributed by atoms with Gasteiger partial charge < -0.3 is 4.74 Å². The largest absolute Gasteiger partial charge is 0.347 e. The van der Waals surface area contributed by atoms with E-state index in [0.29, 0.717) is 0 Å². The molecule has 1 atom stereocenters. The van der Waals surface area contributed by atoms with E-state index >= 15 is 0 Å². The Morgan fingerprint density at radius 2 is 1.64 bits per heavy atom. The predicted octanol–water partition coefficient (Wildman–Crippen LogP) is 0.0818. The fourth-order valence-corrected chi connectivity index (χ4v) is 2.05. The minimum Gasteiger partial charge on any atom is -0.347 e. The Balaban J connectivity index is 1.76. The van der Waals surface area contributed by atoms with Crippen molar-refractivity contribution in [2.45, 2.75) is 18.7 Å². The highest BCUT2D eigenvalue weighted by Crippen LogP contribution is 2.40. The van der Waals surface area contributed by atoms with Crippen LogP contribution in [0.1, 0.15) is 12.8 Å². The topological polar surface area (TPSA) is 15.5 Å². The molecule has 62 valence electrons. The maximum Gasteiger partial charge on any atom is 0.181 e. The molecule has 3 nitrogen and oxygen atoms in total. The van der Waals surface area contributed by atoms with Crippen LogP contribution in [0, 0.1) is 0 Å². The second-order valence-electron chi connectivity index (χ2n) is 3.67. The Hall–Kier alpha value is -0.120. The molecule has 0 bridgehead atoms. The van der Waals surface area contributed by atoms with Gasteiger partial charge in [-0.2, -0.15) is 0 Å². The highest BCUT2D eigenvalue weighted by molar-refractivity contribution is 4.97. The van der Waals surface area contributed by atoms with Crippen LogP contribution in [-0.4, -0.2) is 48.4 Å². The number of hydrogen-bond acceptors (Lipinski definition) is 3. The van der Waals surface area contributed by atoms with Gasteiger partial charge in [-0.15, -0.1) is 0 Å². The van der Waals surface area contributed by atoms with E-state index in [4.69, 9.17) is 4.74 Å². The van der Waals surface area contributed by atoms with Crippen LogP contribution < -0.4 is 0 Å². The summed E-state index contributed by atoms with van der Waals surface area (Å²) >= 11 is 0. The number of hydrogen-bond donors (Lipinski definition) is 0. The predicted molar refractivity (Wildman–Crippen MR) is 41.1 cm³/mol. The van der Waals surface area contributed by atoms with Gasteiger partial charge in [0, 0.05) is 32.6 Å². The van der Waals surface area contributed by atoms with Gasteiger partial charge in [-0.3, -0.25) is 9.80 Å². The summed E-state index contributed by atoms with van der Waals surface area (Å²) in [6, 6.07) is 0. The van der Waals surface area contributed by atoms with Gasteiger partial charge in [0.15, 0.2) is 5.85 Å². The summed E-state index contributed by atoms with van der Waals surface area (Å²) in [7, 11) is 0. The minimum absolute atomic E-state index is 0.0955. The maximum absolute atomic E-state index is 5.70. The number of nitrogens with zero attached hydrogens (tertiary/aromatic N) is 2. The van der Waals surface area contributed by atoms with Crippen LogP contribution in [0.25, 0.3) is 0 Å². The van der Waals surface area contributed by atoms with Gasteiger partial charge in [-0.05, 0) is 6.42 Å². The molecule has 0 N–H and O–H groups in total. The van der Waals surface area contributed by atoms with E-state index in [0.717, 1.165) is 6.61 Å². The first-order valence-corrected chi connectivity index (χ1v) is 4.56. The normalized spacial score (nSPS) is 44.7. The number of rotatable bonds is 2. The lowest BCUT2D eigenvalue weighted by Gasteiger charge is -2.54. The number of ether oxygens (including phenoxy) is 1. The van der Waals surface area contributed by atoms with Crippen molar-refractivity contribution in [3.63, 3.8) is 0 Å². The molecule has 3 heteroatoms. The Labute approximate surface area is 66.9 Å². The fraction of sp³-hybridized carbons (Fsp3) is 1.00. The van der Waals surface area contributed by atoms with Crippen LogP contribution in [0.4, 0.5) is 0 Å². The standard InChI is InChI=1S/C8H14N2O/c1-3-9(4-1)8(2-7-11-8)10-5-6-10/h1-7H2. The summed E-state index contributed by atoms with van der Waals surface area (Å²) in [5.41, 5.74) is 0. The SMILES string of the molecule is C1CN(C2(N3CC3)CCO2)C1. The summed E-state index contributed by atoms with van der Waals surface area (Å²) < 4.78 is 5.70. The number of likely N-dealkylation sites (tertiary alicyclic amines) is 1. The molecule has 0 aliphatic carbocycles. The molecule has 0 spiro atoms. The first-order valence-electron chi connectivity index (χ1n) is 4.56. The van der Waals surface area contributed by atoms with Crippen LogP contribution in [0.3, 0.4) is 0 Å². The second-order valence-corrected chi connectivity index (χ2v) is 3.67. The molecule has 0 aromatic heterocycles. The monoisotopic (exact) mass is 154 g/mol. The molecule has 3 rings (SSSR count). The summed E-state index contributed by atoms with van der Waals surface area (Å²) in [5.74, 6) is 0.0955. The van der Waals surface area contributed by atoms with Gasteiger partial charge >= 0.3 is 0 Å². The van der Waals surface area contributed by atoms with E-state index in [2.05, 4.69) is 9.80 Å². The Morgan fingerprint density at radius 1 is 1.00 bits per heavy atom. The van der Waals surface area contributed by atoms with Crippen molar-refractivity contribution < 1.29 is 4.74 Å². The molecule has 3 saturated heterocycles. The molecule has 11 heavy (non-hydrogen) atoms. The highest BCUT2D eigenvalue weighted by Gasteiger charge is 2.54. The lowest BCUT2D eigenvalue weighted by Crippen LogP contribution is -2.66. The van der Waals surface area contributed by atoms with E-state index in [1.165, 1.54) is 39.0 Å². The molecular weight excluding hydrogens is 140 g/mol. The van der Waals surface area contributed by atoms with Gasteiger partial charge in [-0.25, -0.2) is 0 Å². The Kier molecular flexibility index (Phi) is 1.15. The molecule has 0 aromatic rings. The molecule has 0 amide bonds. The molecule has 3 aliphatic heterocycles. The minimum atomic E-state index is 0.0955. The molecule has 0 saturated carbocycles. The van der Waals surface area contributed by atoms with Gasteiger partial charge in [0.05, 0.1) is 6.61 Å². The third kappa shape index (κ3) is 0.736.